The van der Waals surface area contributed by atoms with Crippen LogP contribution < -0.4 is 10.5 Å². The van der Waals surface area contributed by atoms with E-state index in [1.807, 2.05) is 6.08 Å². The Hall–Kier alpha value is -1.87. The monoisotopic (exact) mass is 348 g/mol. The highest BCUT2D eigenvalue weighted by Gasteiger charge is 2.39. The summed E-state index contributed by atoms with van der Waals surface area (Å²) < 4.78 is 60.2. The van der Waals surface area contributed by atoms with Crippen LogP contribution in [0.3, 0.4) is 0 Å². The summed E-state index contributed by atoms with van der Waals surface area (Å²) in [5.41, 5.74) is 0.848. The Morgan fingerprint density at radius 2 is 1.91 bits per heavy atom. The van der Waals surface area contributed by atoms with Crippen LogP contribution in [0.1, 0.15) is 31.2 Å². The predicted octanol–water partition coefficient (Wildman–Crippen LogP) is 2.79. The number of halogens is 3. The van der Waals surface area contributed by atoms with Gasteiger partial charge in [0, 0.05) is 11.3 Å². The van der Waals surface area contributed by atoms with Crippen molar-refractivity contribution in [1.29, 1.82) is 0 Å². The molecule has 0 heterocycles. The maximum Gasteiger partial charge on any atom is 0.471 e. The van der Waals surface area contributed by atoms with Crippen LogP contribution in [-0.4, -0.2) is 20.5 Å². The van der Waals surface area contributed by atoms with Gasteiger partial charge < -0.3 is 5.32 Å². The SMILES string of the molecule is NS(=O)(=O)c1ccc(NC(=O)C(F)(F)F)c(C2=CCCCC2)c1. The van der Waals surface area contributed by atoms with Gasteiger partial charge >= 0.3 is 12.1 Å². The molecular formula is C14H15F3N2O3S. The number of nitrogens with one attached hydrogen (secondary N) is 1. The molecule has 0 fully saturated rings. The van der Waals surface area contributed by atoms with Gasteiger partial charge in [-0.3, -0.25) is 4.79 Å². The summed E-state index contributed by atoms with van der Waals surface area (Å²) in [6.45, 7) is 0. The van der Waals surface area contributed by atoms with Crippen LogP contribution in [0.2, 0.25) is 0 Å². The molecule has 0 aliphatic heterocycles. The van der Waals surface area contributed by atoms with Crippen molar-refractivity contribution < 1.29 is 26.4 Å². The van der Waals surface area contributed by atoms with Crippen LogP contribution in [0.4, 0.5) is 18.9 Å². The fourth-order valence-electron chi connectivity index (χ4n) is 2.35. The van der Waals surface area contributed by atoms with Crippen molar-refractivity contribution in [2.24, 2.45) is 5.14 Å². The zero-order chi connectivity index (χ0) is 17.3. The standard InChI is InChI=1S/C14H15F3N2O3S/c15-14(16,17)13(20)19-12-7-6-10(23(18,21)22)8-11(12)9-4-2-1-3-5-9/h4,6-8H,1-3,5H2,(H,19,20)(H2,18,21,22). The molecule has 9 heteroatoms. The summed E-state index contributed by atoms with van der Waals surface area (Å²) in [5, 5.41) is 6.85. The lowest BCUT2D eigenvalue weighted by Gasteiger charge is -2.18. The van der Waals surface area contributed by atoms with Gasteiger partial charge in [-0.15, -0.1) is 0 Å². The summed E-state index contributed by atoms with van der Waals surface area (Å²) in [6, 6.07) is 3.38. The van der Waals surface area contributed by atoms with Gasteiger partial charge in [-0.2, -0.15) is 13.2 Å². The first-order valence-corrected chi connectivity index (χ1v) is 8.38. The van der Waals surface area contributed by atoms with Gasteiger partial charge in [-0.25, -0.2) is 13.6 Å². The molecule has 1 aliphatic rings. The van der Waals surface area contributed by atoms with Crippen LogP contribution in [0, 0.1) is 0 Å². The fraction of sp³-hybridized carbons (Fsp3) is 0.357. The zero-order valence-corrected chi connectivity index (χ0v) is 12.8. The van der Waals surface area contributed by atoms with E-state index < -0.39 is 22.1 Å². The van der Waals surface area contributed by atoms with Gasteiger partial charge in [0.15, 0.2) is 0 Å². The third-order valence-electron chi connectivity index (χ3n) is 3.46. The van der Waals surface area contributed by atoms with Crippen molar-refractivity contribution in [3.8, 4) is 0 Å². The highest BCUT2D eigenvalue weighted by atomic mass is 32.2. The number of carbonyl (C=O) groups excluding carboxylic acids is 1. The molecule has 0 aromatic heterocycles. The average Bonchev–Trinajstić information content (AvgIpc) is 2.46. The van der Waals surface area contributed by atoms with Crippen LogP contribution in [-0.2, 0) is 14.8 Å². The summed E-state index contributed by atoms with van der Waals surface area (Å²) >= 11 is 0. The molecule has 5 nitrogen and oxygen atoms in total. The number of carbonyl (C=O) groups is 1. The van der Waals surface area contributed by atoms with Gasteiger partial charge in [0.2, 0.25) is 10.0 Å². The number of amides is 1. The molecule has 0 bridgehead atoms. The van der Waals surface area contributed by atoms with Crippen LogP contribution in [0.25, 0.3) is 5.57 Å². The molecule has 0 saturated carbocycles. The van der Waals surface area contributed by atoms with Crippen molar-refractivity contribution in [2.75, 3.05) is 5.32 Å². The molecule has 1 aromatic rings. The Kier molecular flexibility index (Phi) is 4.81. The second-order valence-corrected chi connectivity index (χ2v) is 6.74. The maximum atomic E-state index is 12.4. The van der Waals surface area contributed by atoms with E-state index in [9.17, 15) is 26.4 Å². The van der Waals surface area contributed by atoms with Crippen molar-refractivity contribution in [3.63, 3.8) is 0 Å². The Balaban J connectivity index is 2.49. The number of anilines is 1. The number of primary sulfonamides is 1. The van der Waals surface area contributed by atoms with Gasteiger partial charge in [-0.1, -0.05) is 6.08 Å². The van der Waals surface area contributed by atoms with E-state index >= 15 is 0 Å². The normalized spacial score (nSPS) is 15.9. The quantitative estimate of drug-likeness (QED) is 0.880. The predicted molar refractivity (Wildman–Crippen MR) is 78.9 cm³/mol. The molecule has 0 spiro atoms. The Bertz CT molecular complexity index is 755. The Morgan fingerprint density at radius 1 is 1.22 bits per heavy atom. The Morgan fingerprint density at radius 3 is 2.43 bits per heavy atom. The van der Waals surface area contributed by atoms with E-state index in [1.54, 1.807) is 5.32 Å². The van der Waals surface area contributed by atoms with Gasteiger partial charge in [-0.05, 0) is 49.5 Å². The summed E-state index contributed by atoms with van der Waals surface area (Å²) in [7, 11) is -4.00. The minimum atomic E-state index is -5.03. The van der Waals surface area contributed by atoms with Gasteiger partial charge in [0.1, 0.15) is 0 Å². The number of benzene rings is 1. The minimum absolute atomic E-state index is 0.0899. The van der Waals surface area contributed by atoms with Crippen LogP contribution in [0.15, 0.2) is 29.2 Å². The average molecular weight is 348 g/mol. The number of hydrogen-bond acceptors (Lipinski definition) is 3. The highest BCUT2D eigenvalue weighted by Crippen LogP contribution is 2.34. The zero-order valence-electron chi connectivity index (χ0n) is 12.0. The first-order chi connectivity index (χ1) is 10.6. The van der Waals surface area contributed by atoms with E-state index in [2.05, 4.69) is 0 Å². The molecule has 126 valence electrons. The van der Waals surface area contributed by atoms with Crippen molar-refractivity contribution in [3.05, 3.63) is 29.8 Å². The lowest BCUT2D eigenvalue weighted by molar-refractivity contribution is -0.167. The van der Waals surface area contributed by atoms with Gasteiger partial charge in [0.05, 0.1) is 4.90 Å². The molecule has 1 aromatic carbocycles. The molecule has 0 unspecified atom stereocenters. The molecule has 1 aliphatic carbocycles. The largest absolute Gasteiger partial charge is 0.471 e. The van der Waals surface area contributed by atoms with Crippen molar-refractivity contribution >= 4 is 27.2 Å². The number of alkyl halides is 3. The number of nitrogens with two attached hydrogens (primary N) is 1. The van der Waals surface area contributed by atoms with Crippen LogP contribution in [0.5, 0.6) is 0 Å². The summed E-state index contributed by atoms with van der Waals surface area (Å²) in [5.74, 6) is -2.11. The third-order valence-corrected chi connectivity index (χ3v) is 4.37. The smallest absolute Gasteiger partial charge is 0.318 e. The topological polar surface area (TPSA) is 89.3 Å². The molecule has 0 saturated heterocycles. The number of rotatable bonds is 3. The highest BCUT2D eigenvalue weighted by molar-refractivity contribution is 7.89. The van der Waals surface area contributed by atoms with Crippen molar-refractivity contribution in [2.45, 2.75) is 36.8 Å². The lowest BCUT2D eigenvalue weighted by Crippen LogP contribution is -2.30. The fourth-order valence-corrected chi connectivity index (χ4v) is 2.89. The first kappa shape index (κ1) is 17.5. The number of sulfonamides is 1. The molecule has 23 heavy (non-hydrogen) atoms. The molecule has 1 amide bonds. The van der Waals surface area contributed by atoms with E-state index in [4.69, 9.17) is 5.14 Å². The molecule has 0 radical (unpaired) electrons. The number of hydrogen-bond donors (Lipinski definition) is 2. The van der Waals surface area contributed by atoms with Crippen LogP contribution >= 0.6 is 0 Å². The molecule has 3 N–H and O–H groups in total. The third kappa shape index (κ3) is 4.32. The molecule has 0 atom stereocenters. The molecular weight excluding hydrogens is 333 g/mol. The number of allylic oxidation sites excluding steroid dienone is 2. The van der Waals surface area contributed by atoms with E-state index in [1.165, 1.54) is 6.07 Å². The second kappa shape index (κ2) is 6.32. The van der Waals surface area contributed by atoms with Gasteiger partial charge in [0.25, 0.3) is 0 Å². The summed E-state index contributed by atoms with van der Waals surface area (Å²) in [4.78, 5) is 10.9. The minimum Gasteiger partial charge on any atom is -0.318 e. The first-order valence-electron chi connectivity index (χ1n) is 6.83. The van der Waals surface area contributed by atoms with E-state index in [0.29, 0.717) is 12.0 Å². The van der Waals surface area contributed by atoms with Crippen molar-refractivity contribution in [1.82, 2.24) is 0 Å². The Labute approximate surface area is 131 Å². The lowest BCUT2D eigenvalue weighted by atomic mass is 9.92. The van der Waals surface area contributed by atoms with E-state index in [0.717, 1.165) is 31.4 Å². The summed E-state index contributed by atoms with van der Waals surface area (Å²) in [6.07, 6.45) is -0.100. The maximum absolute atomic E-state index is 12.4. The molecule has 2 rings (SSSR count). The van der Waals surface area contributed by atoms with E-state index in [-0.39, 0.29) is 16.1 Å². The second-order valence-electron chi connectivity index (χ2n) is 5.18.